The zero-order valence-electron chi connectivity index (χ0n) is 11.9. The molecule has 5 nitrogen and oxygen atoms in total. The van der Waals surface area contributed by atoms with Crippen molar-refractivity contribution >= 4 is 33.7 Å². The van der Waals surface area contributed by atoms with Crippen molar-refractivity contribution < 1.29 is 4.79 Å². The molecule has 2 amide bonds. The molecule has 22 heavy (non-hydrogen) atoms. The number of aromatic nitrogens is 2. The third-order valence-corrected chi connectivity index (χ3v) is 4.96. The van der Waals surface area contributed by atoms with Crippen molar-refractivity contribution in [1.29, 1.82) is 0 Å². The molecule has 0 bridgehead atoms. The zero-order valence-corrected chi connectivity index (χ0v) is 13.5. The van der Waals surface area contributed by atoms with Gasteiger partial charge < -0.3 is 5.32 Å². The van der Waals surface area contributed by atoms with Crippen molar-refractivity contribution in [1.82, 2.24) is 15.3 Å². The average Bonchev–Trinajstić information content (AvgIpc) is 3.16. The Morgan fingerprint density at radius 3 is 2.95 bits per heavy atom. The average molecular weight is 330 g/mol. The standard InChI is InChI=1S/C15H14N4OS2/c1-10-12(9-17-15(20)19-13-5-3-7-21-13)22-14(18-10)11-4-2-6-16-8-11/h2-8H,9H2,1H3,(H2,17,19,20). The van der Waals surface area contributed by atoms with Gasteiger partial charge in [-0.15, -0.1) is 22.7 Å². The molecule has 2 N–H and O–H groups in total. The highest BCUT2D eigenvalue weighted by Crippen LogP contribution is 2.27. The quantitative estimate of drug-likeness (QED) is 0.762. The summed E-state index contributed by atoms with van der Waals surface area (Å²) in [6.07, 6.45) is 3.53. The van der Waals surface area contributed by atoms with Gasteiger partial charge in [-0.25, -0.2) is 9.78 Å². The number of rotatable bonds is 4. The summed E-state index contributed by atoms with van der Waals surface area (Å²) in [6, 6.07) is 7.42. The molecule has 0 radical (unpaired) electrons. The third kappa shape index (κ3) is 3.49. The Kier molecular flexibility index (Phi) is 4.45. The smallest absolute Gasteiger partial charge is 0.320 e. The minimum atomic E-state index is -0.210. The fraction of sp³-hybridized carbons (Fsp3) is 0.133. The monoisotopic (exact) mass is 330 g/mol. The second-order valence-corrected chi connectivity index (χ2v) is 6.59. The van der Waals surface area contributed by atoms with Gasteiger partial charge in [-0.2, -0.15) is 0 Å². The summed E-state index contributed by atoms with van der Waals surface area (Å²) >= 11 is 3.06. The van der Waals surface area contributed by atoms with Crippen molar-refractivity contribution in [3.05, 3.63) is 52.6 Å². The Hall–Kier alpha value is -2.25. The SMILES string of the molecule is Cc1nc(-c2cccnc2)sc1CNC(=O)Nc1cccs1. The van der Waals surface area contributed by atoms with Crippen molar-refractivity contribution in [2.45, 2.75) is 13.5 Å². The molecule has 3 aromatic rings. The number of nitrogens with zero attached hydrogens (tertiary/aromatic N) is 2. The van der Waals surface area contributed by atoms with Crippen LogP contribution in [0.3, 0.4) is 0 Å². The molecule has 3 rings (SSSR count). The topological polar surface area (TPSA) is 66.9 Å². The van der Waals surface area contributed by atoms with E-state index in [4.69, 9.17) is 0 Å². The van der Waals surface area contributed by atoms with E-state index < -0.39 is 0 Å². The lowest BCUT2D eigenvalue weighted by Gasteiger charge is -2.04. The summed E-state index contributed by atoms with van der Waals surface area (Å²) in [6.45, 7) is 2.41. The first-order chi connectivity index (χ1) is 10.7. The number of amides is 2. The van der Waals surface area contributed by atoms with Gasteiger partial charge in [-0.3, -0.25) is 10.3 Å². The maximum absolute atomic E-state index is 11.8. The maximum Gasteiger partial charge on any atom is 0.320 e. The van der Waals surface area contributed by atoms with Gasteiger partial charge in [0.15, 0.2) is 0 Å². The number of hydrogen-bond acceptors (Lipinski definition) is 5. The molecule has 0 unspecified atom stereocenters. The molecule has 3 heterocycles. The summed E-state index contributed by atoms with van der Waals surface area (Å²) in [5.41, 5.74) is 1.92. The fourth-order valence-electron chi connectivity index (χ4n) is 1.87. The van der Waals surface area contributed by atoms with Gasteiger partial charge in [0, 0.05) is 22.8 Å². The maximum atomic E-state index is 11.8. The van der Waals surface area contributed by atoms with Gasteiger partial charge in [0.2, 0.25) is 0 Å². The molecule has 0 atom stereocenters. The molecule has 0 fully saturated rings. The van der Waals surface area contributed by atoms with E-state index in [9.17, 15) is 4.79 Å². The molecule has 0 aliphatic rings. The summed E-state index contributed by atoms with van der Waals surface area (Å²) in [5.74, 6) is 0. The molecule has 0 aromatic carbocycles. The van der Waals surface area contributed by atoms with Gasteiger partial charge in [0.25, 0.3) is 0 Å². The number of thiazole rings is 1. The summed E-state index contributed by atoms with van der Waals surface area (Å²) < 4.78 is 0. The number of carbonyl (C=O) groups excluding carboxylic acids is 1. The van der Waals surface area contributed by atoms with Gasteiger partial charge in [0.05, 0.1) is 17.2 Å². The second-order valence-electron chi connectivity index (χ2n) is 4.55. The number of nitrogens with one attached hydrogen (secondary N) is 2. The van der Waals surface area contributed by atoms with Crippen LogP contribution in [0.4, 0.5) is 9.80 Å². The molecule has 0 aliphatic carbocycles. The van der Waals surface area contributed by atoms with Crippen LogP contribution < -0.4 is 10.6 Å². The first-order valence-electron chi connectivity index (χ1n) is 6.67. The lowest BCUT2D eigenvalue weighted by atomic mass is 10.3. The normalized spacial score (nSPS) is 10.4. The van der Waals surface area contributed by atoms with Crippen LogP contribution in [-0.4, -0.2) is 16.0 Å². The Morgan fingerprint density at radius 1 is 1.32 bits per heavy atom. The van der Waals surface area contributed by atoms with E-state index >= 15 is 0 Å². The Morgan fingerprint density at radius 2 is 2.23 bits per heavy atom. The number of anilines is 1. The number of urea groups is 1. The molecule has 0 spiro atoms. The van der Waals surface area contributed by atoms with E-state index in [2.05, 4.69) is 20.6 Å². The van der Waals surface area contributed by atoms with Crippen LogP contribution in [0.1, 0.15) is 10.6 Å². The highest BCUT2D eigenvalue weighted by atomic mass is 32.1. The Labute approximate surface area is 136 Å². The largest absolute Gasteiger partial charge is 0.333 e. The van der Waals surface area contributed by atoms with Crippen LogP contribution in [-0.2, 0) is 6.54 Å². The lowest BCUT2D eigenvalue weighted by molar-refractivity contribution is 0.252. The van der Waals surface area contributed by atoms with Crippen molar-refractivity contribution in [3.63, 3.8) is 0 Å². The first-order valence-corrected chi connectivity index (χ1v) is 8.37. The lowest BCUT2D eigenvalue weighted by Crippen LogP contribution is -2.27. The van der Waals surface area contributed by atoms with Gasteiger partial charge in [0.1, 0.15) is 5.01 Å². The number of aryl methyl sites for hydroxylation is 1. The summed E-state index contributed by atoms with van der Waals surface area (Å²) in [4.78, 5) is 21.5. The second kappa shape index (κ2) is 6.67. The molecular weight excluding hydrogens is 316 g/mol. The van der Waals surface area contributed by atoms with Crippen molar-refractivity contribution in [3.8, 4) is 10.6 Å². The van der Waals surface area contributed by atoms with E-state index in [1.807, 2.05) is 36.6 Å². The van der Waals surface area contributed by atoms with Crippen LogP contribution in [0.15, 0.2) is 42.0 Å². The number of carbonyl (C=O) groups is 1. The van der Waals surface area contributed by atoms with Crippen molar-refractivity contribution in [2.24, 2.45) is 0 Å². The van der Waals surface area contributed by atoms with E-state index in [-0.39, 0.29) is 6.03 Å². The van der Waals surface area contributed by atoms with Gasteiger partial charge >= 0.3 is 6.03 Å². The van der Waals surface area contributed by atoms with Crippen LogP contribution in [0, 0.1) is 6.92 Å². The van der Waals surface area contributed by atoms with Gasteiger partial charge in [-0.05, 0) is 36.6 Å². The minimum Gasteiger partial charge on any atom is -0.333 e. The molecule has 3 aromatic heterocycles. The molecule has 0 aliphatic heterocycles. The predicted octanol–water partition coefficient (Wildman–Crippen LogP) is 3.90. The predicted molar refractivity (Wildman–Crippen MR) is 90.3 cm³/mol. The fourth-order valence-corrected chi connectivity index (χ4v) is 3.48. The third-order valence-electron chi connectivity index (χ3n) is 2.97. The summed E-state index contributed by atoms with van der Waals surface area (Å²) in [7, 11) is 0. The van der Waals surface area contributed by atoms with Crippen LogP contribution in [0.5, 0.6) is 0 Å². The van der Waals surface area contributed by atoms with Crippen LogP contribution in [0.25, 0.3) is 10.6 Å². The Bertz CT molecular complexity index is 753. The molecule has 0 saturated heterocycles. The van der Waals surface area contributed by atoms with Crippen LogP contribution >= 0.6 is 22.7 Å². The van der Waals surface area contributed by atoms with E-state index in [1.165, 1.54) is 11.3 Å². The molecule has 112 valence electrons. The highest BCUT2D eigenvalue weighted by Gasteiger charge is 2.10. The highest BCUT2D eigenvalue weighted by molar-refractivity contribution is 7.15. The van der Waals surface area contributed by atoms with Gasteiger partial charge in [-0.1, -0.05) is 0 Å². The number of hydrogen-bond donors (Lipinski definition) is 2. The van der Waals surface area contributed by atoms with Crippen molar-refractivity contribution in [2.75, 3.05) is 5.32 Å². The van der Waals surface area contributed by atoms with E-state index in [1.54, 1.807) is 23.7 Å². The molecule has 7 heteroatoms. The van der Waals surface area contributed by atoms with E-state index in [0.29, 0.717) is 6.54 Å². The zero-order chi connectivity index (χ0) is 15.4. The molecule has 0 saturated carbocycles. The Balaban J connectivity index is 1.63. The van der Waals surface area contributed by atoms with Crippen LogP contribution in [0.2, 0.25) is 0 Å². The van der Waals surface area contributed by atoms with E-state index in [0.717, 1.165) is 26.1 Å². The first kappa shape index (κ1) is 14.7. The number of thiophene rings is 1. The number of pyridine rings is 1. The molecular formula is C15H14N4OS2. The minimum absolute atomic E-state index is 0.210. The summed E-state index contributed by atoms with van der Waals surface area (Å²) in [5, 5.41) is 9.31.